The maximum Gasteiger partial charge on any atom is 0.408 e. The molecule has 1 amide bonds. The van der Waals surface area contributed by atoms with Gasteiger partial charge in [0.05, 0.1) is 19.3 Å². The summed E-state index contributed by atoms with van der Waals surface area (Å²) in [6.07, 6.45) is 0.897. The third-order valence-corrected chi connectivity index (χ3v) is 3.51. The van der Waals surface area contributed by atoms with Crippen LogP contribution in [0.2, 0.25) is 0 Å². The molecule has 8 heteroatoms. The lowest BCUT2D eigenvalue weighted by Crippen LogP contribution is -2.35. The molecule has 0 saturated carbocycles. The molecule has 2 aromatic rings. The van der Waals surface area contributed by atoms with Gasteiger partial charge in [0.1, 0.15) is 23.5 Å². The van der Waals surface area contributed by atoms with Gasteiger partial charge in [0.25, 0.3) is 0 Å². The molecule has 0 aliphatic carbocycles. The number of carbonyl (C=O) groups excluding carboxylic acids is 1. The van der Waals surface area contributed by atoms with Crippen LogP contribution < -0.4 is 10.1 Å². The smallest absolute Gasteiger partial charge is 0.408 e. The van der Waals surface area contributed by atoms with E-state index in [2.05, 4.69) is 10.3 Å². The van der Waals surface area contributed by atoms with E-state index < -0.39 is 23.7 Å². The lowest BCUT2D eigenvalue weighted by molar-refractivity contribution is -0.136. The van der Waals surface area contributed by atoms with Gasteiger partial charge < -0.3 is 24.3 Å². The van der Waals surface area contributed by atoms with Crippen molar-refractivity contribution in [3.8, 4) is 5.75 Å². The summed E-state index contributed by atoms with van der Waals surface area (Å²) in [5.41, 5.74) is 0.276. The fourth-order valence-corrected chi connectivity index (χ4v) is 2.37. The van der Waals surface area contributed by atoms with Gasteiger partial charge in [-0.3, -0.25) is 4.79 Å². The van der Waals surface area contributed by atoms with Crippen LogP contribution in [0, 0.1) is 0 Å². The molecule has 0 bridgehead atoms. The molecule has 0 saturated heterocycles. The second-order valence-corrected chi connectivity index (χ2v) is 6.98. The fourth-order valence-electron chi connectivity index (χ4n) is 2.37. The molecule has 0 aliphatic rings. The molecule has 1 heterocycles. The number of alkyl carbamates (subject to hydrolysis) is 1. The fraction of sp³-hybridized carbons (Fsp3) is 0.421. The standard InChI is InChI=1S/C19H24N2O6/c1-19(2,3)27-18(24)21-14(9-12-5-7-13(25-4)8-6-12)15-11-20-16(26-15)10-17(22)23/h5-8,11,14H,9-10H2,1-4H3,(H,21,24)(H,22,23). The first-order valence-corrected chi connectivity index (χ1v) is 8.45. The number of benzene rings is 1. The maximum absolute atomic E-state index is 12.2. The number of hydrogen-bond donors (Lipinski definition) is 2. The third-order valence-electron chi connectivity index (χ3n) is 3.51. The van der Waals surface area contributed by atoms with E-state index in [9.17, 15) is 9.59 Å². The Morgan fingerprint density at radius 2 is 1.93 bits per heavy atom. The van der Waals surface area contributed by atoms with Crippen molar-refractivity contribution in [1.29, 1.82) is 0 Å². The number of carboxylic acids is 1. The van der Waals surface area contributed by atoms with Crippen LogP contribution in [0.25, 0.3) is 0 Å². The molecule has 0 fully saturated rings. The first-order chi connectivity index (χ1) is 12.7. The molecule has 146 valence electrons. The van der Waals surface area contributed by atoms with Crippen molar-refractivity contribution in [3.05, 3.63) is 47.7 Å². The number of amides is 1. The van der Waals surface area contributed by atoms with Crippen molar-refractivity contribution in [2.45, 2.75) is 45.3 Å². The summed E-state index contributed by atoms with van der Waals surface area (Å²) >= 11 is 0. The quantitative estimate of drug-likeness (QED) is 0.764. The molecule has 0 aliphatic heterocycles. The number of methoxy groups -OCH3 is 1. The van der Waals surface area contributed by atoms with Crippen LogP contribution in [0.5, 0.6) is 5.75 Å². The Hall–Kier alpha value is -3.03. The summed E-state index contributed by atoms with van der Waals surface area (Å²) in [6, 6.07) is 6.81. The summed E-state index contributed by atoms with van der Waals surface area (Å²) in [7, 11) is 1.58. The predicted octanol–water partition coefficient (Wildman–Crippen LogP) is 3.12. The average molecular weight is 376 g/mol. The van der Waals surface area contributed by atoms with Crippen LogP contribution in [0.1, 0.15) is 44.0 Å². The van der Waals surface area contributed by atoms with Crippen molar-refractivity contribution >= 4 is 12.1 Å². The molecule has 1 unspecified atom stereocenters. The summed E-state index contributed by atoms with van der Waals surface area (Å²) in [5.74, 6) is 0.102. The molecule has 1 aromatic carbocycles. The van der Waals surface area contributed by atoms with Crippen LogP contribution in [-0.4, -0.2) is 34.9 Å². The van der Waals surface area contributed by atoms with E-state index in [1.807, 2.05) is 24.3 Å². The number of aromatic nitrogens is 1. The number of carbonyl (C=O) groups is 2. The first kappa shape index (κ1) is 20.3. The molecule has 1 aromatic heterocycles. The zero-order valence-electron chi connectivity index (χ0n) is 15.8. The van der Waals surface area contributed by atoms with Crippen LogP contribution in [0.4, 0.5) is 4.79 Å². The topological polar surface area (TPSA) is 111 Å². The van der Waals surface area contributed by atoms with E-state index in [1.165, 1.54) is 6.20 Å². The van der Waals surface area contributed by atoms with Crippen molar-refractivity contribution < 1.29 is 28.6 Å². The number of nitrogens with zero attached hydrogens (tertiary/aromatic N) is 1. The summed E-state index contributed by atoms with van der Waals surface area (Å²) in [4.78, 5) is 27.0. The lowest BCUT2D eigenvalue weighted by Gasteiger charge is -2.22. The minimum atomic E-state index is -1.05. The second kappa shape index (κ2) is 8.57. The van der Waals surface area contributed by atoms with E-state index in [4.69, 9.17) is 19.0 Å². The zero-order valence-corrected chi connectivity index (χ0v) is 15.8. The van der Waals surface area contributed by atoms with Crippen molar-refractivity contribution in [2.75, 3.05) is 7.11 Å². The Balaban J connectivity index is 2.20. The molecule has 2 N–H and O–H groups in total. The van der Waals surface area contributed by atoms with E-state index in [0.717, 1.165) is 11.3 Å². The van der Waals surface area contributed by atoms with Gasteiger partial charge in [-0.2, -0.15) is 0 Å². The number of nitrogens with one attached hydrogen (secondary N) is 1. The highest BCUT2D eigenvalue weighted by Gasteiger charge is 2.24. The van der Waals surface area contributed by atoms with E-state index >= 15 is 0 Å². The number of oxazole rings is 1. The third kappa shape index (κ3) is 6.65. The summed E-state index contributed by atoms with van der Waals surface area (Å²) in [6.45, 7) is 5.30. The van der Waals surface area contributed by atoms with Crippen LogP contribution in [0.3, 0.4) is 0 Å². The molecule has 2 rings (SSSR count). The summed E-state index contributed by atoms with van der Waals surface area (Å²) in [5, 5.41) is 11.6. The zero-order chi connectivity index (χ0) is 20.0. The average Bonchev–Trinajstić information content (AvgIpc) is 3.01. The summed E-state index contributed by atoms with van der Waals surface area (Å²) < 4.78 is 16.0. The van der Waals surface area contributed by atoms with Gasteiger partial charge >= 0.3 is 12.1 Å². The highest BCUT2D eigenvalue weighted by Crippen LogP contribution is 2.22. The Morgan fingerprint density at radius 3 is 2.48 bits per heavy atom. The SMILES string of the molecule is COc1ccc(CC(NC(=O)OC(C)(C)C)c2cnc(CC(=O)O)o2)cc1. The number of aliphatic carboxylic acids is 1. The normalized spacial score (nSPS) is 12.3. The van der Waals surface area contributed by atoms with Crippen molar-refractivity contribution in [2.24, 2.45) is 0 Å². The van der Waals surface area contributed by atoms with Crippen LogP contribution in [0.15, 0.2) is 34.9 Å². The Bertz CT molecular complexity index is 776. The minimum Gasteiger partial charge on any atom is -0.497 e. The molecule has 27 heavy (non-hydrogen) atoms. The van der Waals surface area contributed by atoms with Gasteiger partial charge in [-0.05, 0) is 38.5 Å². The molecular weight excluding hydrogens is 352 g/mol. The second-order valence-electron chi connectivity index (χ2n) is 6.98. The molecular formula is C19H24N2O6. The van der Waals surface area contributed by atoms with Crippen LogP contribution >= 0.6 is 0 Å². The molecule has 8 nitrogen and oxygen atoms in total. The van der Waals surface area contributed by atoms with E-state index in [-0.39, 0.29) is 12.3 Å². The van der Waals surface area contributed by atoms with Crippen LogP contribution in [-0.2, 0) is 22.4 Å². The number of hydrogen-bond acceptors (Lipinski definition) is 6. The van der Waals surface area contributed by atoms with Gasteiger partial charge in [-0.15, -0.1) is 0 Å². The molecule has 1 atom stereocenters. The highest BCUT2D eigenvalue weighted by molar-refractivity contribution is 5.69. The Kier molecular flexibility index (Phi) is 6.44. The molecule has 0 spiro atoms. The largest absolute Gasteiger partial charge is 0.497 e. The lowest BCUT2D eigenvalue weighted by atomic mass is 10.0. The minimum absolute atomic E-state index is 0.0724. The van der Waals surface area contributed by atoms with Crippen molar-refractivity contribution in [3.63, 3.8) is 0 Å². The maximum atomic E-state index is 12.2. The number of carboxylic acid groups (broad SMARTS) is 1. The Morgan fingerprint density at radius 1 is 1.26 bits per heavy atom. The first-order valence-electron chi connectivity index (χ1n) is 8.45. The number of rotatable bonds is 7. The van der Waals surface area contributed by atoms with E-state index in [0.29, 0.717) is 12.2 Å². The van der Waals surface area contributed by atoms with E-state index in [1.54, 1.807) is 27.9 Å². The van der Waals surface area contributed by atoms with Gasteiger partial charge in [0, 0.05) is 6.42 Å². The van der Waals surface area contributed by atoms with Crippen molar-refractivity contribution in [1.82, 2.24) is 10.3 Å². The Labute approximate surface area is 157 Å². The number of ether oxygens (including phenoxy) is 2. The van der Waals surface area contributed by atoms with Gasteiger partial charge in [0.15, 0.2) is 0 Å². The monoisotopic (exact) mass is 376 g/mol. The molecule has 0 radical (unpaired) electrons. The van der Waals surface area contributed by atoms with Gasteiger partial charge in [-0.1, -0.05) is 12.1 Å². The highest BCUT2D eigenvalue weighted by atomic mass is 16.6. The predicted molar refractivity (Wildman–Crippen MR) is 96.7 cm³/mol. The van der Waals surface area contributed by atoms with Gasteiger partial charge in [0.2, 0.25) is 5.89 Å². The van der Waals surface area contributed by atoms with Gasteiger partial charge in [-0.25, -0.2) is 9.78 Å².